The minimum absolute atomic E-state index is 0.130. The van der Waals surface area contributed by atoms with Crippen LogP contribution in [0, 0.1) is 0 Å². The quantitative estimate of drug-likeness (QED) is 0.649. The summed E-state index contributed by atoms with van der Waals surface area (Å²) in [5.41, 5.74) is -0.220. The highest BCUT2D eigenvalue weighted by Crippen LogP contribution is 2.36. The number of hydrogen-bond donors (Lipinski definition) is 2. The molecule has 1 atom stereocenters. The molecule has 0 bridgehead atoms. The van der Waals surface area contributed by atoms with Gasteiger partial charge in [-0.3, -0.25) is 0 Å². The number of benzene rings is 1. The molecule has 5 heteroatoms. The van der Waals surface area contributed by atoms with E-state index < -0.39 is 0 Å². The van der Waals surface area contributed by atoms with Gasteiger partial charge in [-0.25, -0.2) is 0 Å². The maximum absolute atomic E-state index is 9.33. The normalized spacial score (nSPS) is 13.6. The second-order valence-electron chi connectivity index (χ2n) is 5.27. The first-order valence-corrected chi connectivity index (χ1v) is 7.23. The third-order valence-electron chi connectivity index (χ3n) is 3.70. The molecule has 1 rings (SSSR count). The molecular weight excluding hydrogens is 270 g/mol. The molecular formula is C16H27NO4. The topological polar surface area (TPSA) is 60.0 Å². The highest BCUT2D eigenvalue weighted by molar-refractivity contribution is 5.51. The Balaban J connectivity index is 2.46. The zero-order chi connectivity index (χ0) is 15.7. The third kappa shape index (κ3) is 5.10. The molecule has 0 saturated carbocycles. The molecule has 0 saturated heterocycles. The molecule has 0 spiro atoms. The number of methoxy groups -OCH3 is 2. The molecule has 0 aliphatic heterocycles. The van der Waals surface area contributed by atoms with Crippen LogP contribution in [0.5, 0.6) is 17.2 Å². The number of hydrogen-bond acceptors (Lipinski definition) is 5. The first kappa shape index (κ1) is 17.6. The molecule has 1 unspecified atom stereocenters. The number of ether oxygens (including phenoxy) is 3. The molecule has 2 N–H and O–H groups in total. The number of likely N-dealkylation sites (N-methyl/N-ethyl adjacent to an activating group) is 1. The van der Waals surface area contributed by atoms with Gasteiger partial charge < -0.3 is 24.6 Å². The van der Waals surface area contributed by atoms with E-state index in [9.17, 15) is 5.11 Å². The van der Waals surface area contributed by atoms with Gasteiger partial charge in [0.2, 0.25) is 5.75 Å². The summed E-state index contributed by atoms with van der Waals surface area (Å²) in [6.45, 7) is 2.73. The van der Waals surface area contributed by atoms with Crippen LogP contribution < -0.4 is 19.5 Å². The standard InChI is InChI=1S/C16H27NO4/c1-16(12-18,17-2)10-5-6-11-21-15-13(19-3)8-7-9-14(15)20-4/h7-9,17-18H,5-6,10-12H2,1-4H3. The number of para-hydroxylation sites is 1. The summed E-state index contributed by atoms with van der Waals surface area (Å²) in [7, 11) is 5.09. The van der Waals surface area contributed by atoms with E-state index in [-0.39, 0.29) is 12.1 Å². The molecule has 0 aliphatic rings. The Morgan fingerprint density at radius 2 is 1.76 bits per heavy atom. The lowest BCUT2D eigenvalue weighted by Gasteiger charge is -2.26. The van der Waals surface area contributed by atoms with Crippen molar-refractivity contribution in [2.45, 2.75) is 31.7 Å². The zero-order valence-corrected chi connectivity index (χ0v) is 13.4. The largest absolute Gasteiger partial charge is 0.493 e. The fraction of sp³-hybridized carbons (Fsp3) is 0.625. The van der Waals surface area contributed by atoms with Gasteiger partial charge in [-0.05, 0) is 45.4 Å². The van der Waals surface area contributed by atoms with Crippen LogP contribution in [0.3, 0.4) is 0 Å². The summed E-state index contributed by atoms with van der Waals surface area (Å²) < 4.78 is 16.4. The Morgan fingerprint density at radius 3 is 2.24 bits per heavy atom. The monoisotopic (exact) mass is 297 g/mol. The van der Waals surface area contributed by atoms with Crippen molar-refractivity contribution in [1.82, 2.24) is 5.32 Å². The smallest absolute Gasteiger partial charge is 0.203 e. The van der Waals surface area contributed by atoms with Crippen LogP contribution in [-0.4, -0.2) is 45.1 Å². The Kier molecular flexibility index (Phi) is 7.32. The van der Waals surface area contributed by atoms with Crippen LogP contribution in [0.1, 0.15) is 26.2 Å². The SMILES string of the molecule is CNC(C)(CO)CCCCOc1c(OC)cccc1OC. The Labute approximate surface area is 127 Å². The van der Waals surface area contributed by atoms with Gasteiger partial charge >= 0.3 is 0 Å². The van der Waals surface area contributed by atoms with Gasteiger partial charge in [-0.1, -0.05) is 6.07 Å². The van der Waals surface area contributed by atoms with E-state index in [1.54, 1.807) is 14.2 Å². The fourth-order valence-electron chi connectivity index (χ4n) is 2.03. The maximum Gasteiger partial charge on any atom is 0.203 e. The van der Waals surface area contributed by atoms with Crippen molar-refractivity contribution in [3.63, 3.8) is 0 Å². The highest BCUT2D eigenvalue weighted by Gasteiger charge is 2.19. The van der Waals surface area contributed by atoms with Gasteiger partial charge in [0.25, 0.3) is 0 Å². The van der Waals surface area contributed by atoms with Gasteiger partial charge in [0, 0.05) is 5.54 Å². The number of aliphatic hydroxyl groups is 1. The lowest BCUT2D eigenvalue weighted by Crippen LogP contribution is -2.43. The Bertz CT molecular complexity index is 396. The van der Waals surface area contributed by atoms with Gasteiger partial charge in [0.05, 0.1) is 27.4 Å². The summed E-state index contributed by atoms with van der Waals surface area (Å²) in [6.07, 6.45) is 2.76. The number of nitrogens with one attached hydrogen (secondary N) is 1. The number of unbranched alkanes of at least 4 members (excludes halogenated alkanes) is 1. The van der Waals surface area contributed by atoms with E-state index in [0.29, 0.717) is 23.9 Å². The molecule has 0 amide bonds. The van der Waals surface area contributed by atoms with Crippen LogP contribution in [-0.2, 0) is 0 Å². The summed E-state index contributed by atoms with van der Waals surface area (Å²) >= 11 is 0. The molecule has 0 heterocycles. The van der Waals surface area contributed by atoms with E-state index in [1.807, 2.05) is 32.2 Å². The van der Waals surface area contributed by atoms with Crippen LogP contribution in [0.4, 0.5) is 0 Å². The summed E-state index contributed by atoms with van der Waals surface area (Å²) in [4.78, 5) is 0. The first-order valence-electron chi connectivity index (χ1n) is 7.23. The molecule has 120 valence electrons. The predicted octanol–water partition coefficient (Wildman–Crippen LogP) is 2.22. The zero-order valence-electron chi connectivity index (χ0n) is 13.4. The van der Waals surface area contributed by atoms with Crippen LogP contribution in [0.25, 0.3) is 0 Å². The molecule has 0 fully saturated rings. The summed E-state index contributed by atoms with van der Waals surface area (Å²) in [5.74, 6) is 1.98. The van der Waals surface area contributed by atoms with Gasteiger partial charge in [0.1, 0.15) is 0 Å². The van der Waals surface area contributed by atoms with E-state index in [0.717, 1.165) is 19.3 Å². The van der Waals surface area contributed by atoms with Crippen LogP contribution >= 0.6 is 0 Å². The van der Waals surface area contributed by atoms with Gasteiger partial charge in [0.15, 0.2) is 11.5 Å². The van der Waals surface area contributed by atoms with Gasteiger partial charge in [-0.15, -0.1) is 0 Å². The molecule has 1 aromatic carbocycles. The lowest BCUT2D eigenvalue weighted by molar-refractivity contribution is 0.167. The number of rotatable bonds is 10. The third-order valence-corrected chi connectivity index (χ3v) is 3.70. The van der Waals surface area contributed by atoms with E-state index in [2.05, 4.69) is 5.32 Å². The van der Waals surface area contributed by atoms with Crippen molar-refractivity contribution in [3.8, 4) is 17.2 Å². The fourth-order valence-corrected chi connectivity index (χ4v) is 2.03. The molecule has 21 heavy (non-hydrogen) atoms. The Hall–Kier alpha value is -1.46. The molecule has 1 aromatic rings. The van der Waals surface area contributed by atoms with E-state index >= 15 is 0 Å². The second kappa shape index (κ2) is 8.74. The molecule has 0 radical (unpaired) electrons. The van der Waals surface area contributed by atoms with E-state index in [4.69, 9.17) is 14.2 Å². The van der Waals surface area contributed by atoms with Crippen LogP contribution in [0.2, 0.25) is 0 Å². The van der Waals surface area contributed by atoms with Crippen molar-refractivity contribution in [2.75, 3.05) is 34.5 Å². The van der Waals surface area contributed by atoms with Crippen molar-refractivity contribution in [3.05, 3.63) is 18.2 Å². The van der Waals surface area contributed by atoms with Crippen molar-refractivity contribution >= 4 is 0 Å². The predicted molar refractivity (Wildman–Crippen MR) is 83.4 cm³/mol. The number of aliphatic hydroxyl groups excluding tert-OH is 1. The minimum Gasteiger partial charge on any atom is -0.493 e. The highest BCUT2D eigenvalue weighted by atomic mass is 16.5. The summed E-state index contributed by atoms with van der Waals surface area (Å²) in [6, 6.07) is 5.56. The summed E-state index contributed by atoms with van der Waals surface area (Å²) in [5, 5.41) is 12.5. The second-order valence-corrected chi connectivity index (χ2v) is 5.27. The van der Waals surface area contributed by atoms with Crippen molar-refractivity contribution in [1.29, 1.82) is 0 Å². The molecule has 0 aromatic heterocycles. The van der Waals surface area contributed by atoms with E-state index in [1.165, 1.54) is 0 Å². The minimum atomic E-state index is -0.220. The first-order chi connectivity index (χ1) is 10.1. The average molecular weight is 297 g/mol. The Morgan fingerprint density at radius 1 is 1.14 bits per heavy atom. The maximum atomic E-state index is 9.33. The van der Waals surface area contributed by atoms with Gasteiger partial charge in [-0.2, -0.15) is 0 Å². The lowest BCUT2D eigenvalue weighted by atomic mass is 9.96. The molecule has 5 nitrogen and oxygen atoms in total. The van der Waals surface area contributed by atoms with Crippen molar-refractivity contribution in [2.24, 2.45) is 0 Å². The van der Waals surface area contributed by atoms with Crippen molar-refractivity contribution < 1.29 is 19.3 Å². The van der Waals surface area contributed by atoms with Crippen LogP contribution in [0.15, 0.2) is 18.2 Å². The molecule has 0 aliphatic carbocycles. The average Bonchev–Trinajstić information content (AvgIpc) is 2.54.